The van der Waals surface area contributed by atoms with Gasteiger partial charge < -0.3 is 11.1 Å². The Hall–Kier alpha value is -1.02. The molecule has 1 heterocycles. The lowest BCUT2D eigenvalue weighted by Crippen LogP contribution is -2.29. The van der Waals surface area contributed by atoms with Crippen molar-refractivity contribution in [1.29, 1.82) is 0 Å². The lowest BCUT2D eigenvalue weighted by molar-refractivity contribution is 0.350. The van der Waals surface area contributed by atoms with Gasteiger partial charge in [-0.3, -0.25) is 0 Å². The summed E-state index contributed by atoms with van der Waals surface area (Å²) in [5.41, 5.74) is 9.97. The van der Waals surface area contributed by atoms with Gasteiger partial charge in [0.1, 0.15) is 0 Å². The van der Waals surface area contributed by atoms with Crippen LogP contribution in [0.1, 0.15) is 57.6 Å². The topological polar surface area (TPSA) is 38.0 Å². The standard InChI is InChI=1S/C18H30N2/c1-18(2,3)17-10-9-16(19)12-15(17)8-4-6-14-7-5-11-20-13-14/h9-10,12,14,20H,4-8,11,13,19H2,1-3H3. The molecule has 112 valence electrons. The lowest BCUT2D eigenvalue weighted by Gasteiger charge is -2.25. The molecule has 0 radical (unpaired) electrons. The minimum atomic E-state index is 0.204. The molecule has 0 aromatic heterocycles. The molecule has 0 bridgehead atoms. The third-order valence-electron chi connectivity index (χ3n) is 4.39. The number of nitrogens with two attached hydrogens (primary N) is 1. The van der Waals surface area contributed by atoms with E-state index >= 15 is 0 Å². The van der Waals surface area contributed by atoms with E-state index in [1.165, 1.54) is 49.9 Å². The van der Waals surface area contributed by atoms with Gasteiger partial charge in [0, 0.05) is 5.69 Å². The Labute approximate surface area is 124 Å². The smallest absolute Gasteiger partial charge is 0.0316 e. The molecule has 0 saturated carbocycles. The van der Waals surface area contributed by atoms with Crippen LogP contribution in [-0.4, -0.2) is 13.1 Å². The molecule has 0 aliphatic carbocycles. The maximum absolute atomic E-state index is 5.98. The molecule has 1 atom stereocenters. The van der Waals surface area contributed by atoms with Crippen molar-refractivity contribution in [3.05, 3.63) is 29.3 Å². The molecule has 2 rings (SSSR count). The van der Waals surface area contributed by atoms with E-state index in [0.717, 1.165) is 18.0 Å². The molecular weight excluding hydrogens is 244 g/mol. The molecule has 1 aliphatic rings. The third kappa shape index (κ3) is 4.24. The Kier molecular flexibility index (Phi) is 5.09. The van der Waals surface area contributed by atoms with Crippen molar-refractivity contribution in [2.75, 3.05) is 18.8 Å². The number of rotatable bonds is 4. The van der Waals surface area contributed by atoms with Crippen LogP contribution in [0.3, 0.4) is 0 Å². The fourth-order valence-electron chi connectivity index (χ4n) is 3.30. The second-order valence-corrected chi connectivity index (χ2v) is 7.27. The monoisotopic (exact) mass is 274 g/mol. The molecule has 1 fully saturated rings. The van der Waals surface area contributed by atoms with Crippen molar-refractivity contribution in [2.45, 2.75) is 58.3 Å². The van der Waals surface area contributed by atoms with Crippen LogP contribution in [0.15, 0.2) is 18.2 Å². The molecule has 20 heavy (non-hydrogen) atoms. The van der Waals surface area contributed by atoms with Crippen LogP contribution in [-0.2, 0) is 11.8 Å². The van der Waals surface area contributed by atoms with Crippen LogP contribution in [0.2, 0.25) is 0 Å². The molecule has 1 aromatic carbocycles. The van der Waals surface area contributed by atoms with Crippen LogP contribution in [0, 0.1) is 5.92 Å². The number of hydrogen-bond donors (Lipinski definition) is 2. The number of benzene rings is 1. The van der Waals surface area contributed by atoms with Crippen LogP contribution in [0.25, 0.3) is 0 Å². The average Bonchev–Trinajstić information content (AvgIpc) is 2.38. The molecule has 0 spiro atoms. The SMILES string of the molecule is CC(C)(C)c1ccc(N)cc1CCCC1CCCNC1. The van der Waals surface area contributed by atoms with Crippen molar-refractivity contribution < 1.29 is 0 Å². The first-order valence-corrected chi connectivity index (χ1v) is 8.06. The molecule has 1 saturated heterocycles. The number of nitrogen functional groups attached to an aromatic ring is 1. The normalized spacial score (nSPS) is 20.1. The van der Waals surface area contributed by atoms with Gasteiger partial charge >= 0.3 is 0 Å². The largest absolute Gasteiger partial charge is 0.399 e. The molecule has 1 aliphatic heterocycles. The Morgan fingerprint density at radius 2 is 2.10 bits per heavy atom. The van der Waals surface area contributed by atoms with Gasteiger partial charge in [0.2, 0.25) is 0 Å². The maximum Gasteiger partial charge on any atom is 0.0316 e. The first-order valence-electron chi connectivity index (χ1n) is 8.06. The van der Waals surface area contributed by atoms with Gasteiger partial charge in [0.15, 0.2) is 0 Å². The van der Waals surface area contributed by atoms with Crippen molar-refractivity contribution in [2.24, 2.45) is 5.92 Å². The highest BCUT2D eigenvalue weighted by Crippen LogP contribution is 2.29. The van der Waals surface area contributed by atoms with Crippen LogP contribution >= 0.6 is 0 Å². The summed E-state index contributed by atoms with van der Waals surface area (Å²) < 4.78 is 0. The average molecular weight is 274 g/mol. The molecule has 3 N–H and O–H groups in total. The van der Waals surface area contributed by atoms with Crippen molar-refractivity contribution in [3.63, 3.8) is 0 Å². The lowest BCUT2D eigenvalue weighted by atomic mass is 9.82. The summed E-state index contributed by atoms with van der Waals surface area (Å²) in [4.78, 5) is 0. The summed E-state index contributed by atoms with van der Waals surface area (Å²) in [6.45, 7) is 9.27. The highest BCUT2D eigenvalue weighted by Gasteiger charge is 2.18. The zero-order valence-electron chi connectivity index (χ0n) is 13.3. The summed E-state index contributed by atoms with van der Waals surface area (Å²) in [6, 6.07) is 6.43. The van der Waals surface area contributed by atoms with Gasteiger partial charge in [-0.2, -0.15) is 0 Å². The van der Waals surface area contributed by atoms with Crippen LogP contribution < -0.4 is 11.1 Å². The van der Waals surface area contributed by atoms with Gasteiger partial charge in [-0.25, -0.2) is 0 Å². The minimum Gasteiger partial charge on any atom is -0.399 e. The van der Waals surface area contributed by atoms with Gasteiger partial charge in [-0.1, -0.05) is 26.8 Å². The number of anilines is 1. The fourth-order valence-corrected chi connectivity index (χ4v) is 3.30. The molecule has 2 heteroatoms. The van der Waals surface area contributed by atoms with E-state index in [1.807, 2.05) is 6.07 Å². The van der Waals surface area contributed by atoms with Crippen molar-refractivity contribution >= 4 is 5.69 Å². The maximum atomic E-state index is 5.98. The Bertz CT molecular complexity index is 426. The summed E-state index contributed by atoms with van der Waals surface area (Å²) in [7, 11) is 0. The Balaban J connectivity index is 1.95. The van der Waals surface area contributed by atoms with E-state index in [-0.39, 0.29) is 5.41 Å². The molecular formula is C18H30N2. The second-order valence-electron chi connectivity index (χ2n) is 7.27. The van der Waals surface area contributed by atoms with E-state index in [1.54, 1.807) is 0 Å². The summed E-state index contributed by atoms with van der Waals surface area (Å²) >= 11 is 0. The van der Waals surface area contributed by atoms with Gasteiger partial charge in [-0.05, 0) is 79.8 Å². The van der Waals surface area contributed by atoms with Gasteiger partial charge in [0.25, 0.3) is 0 Å². The summed E-state index contributed by atoms with van der Waals surface area (Å²) in [6.07, 6.45) is 6.52. The number of hydrogen-bond acceptors (Lipinski definition) is 2. The van der Waals surface area contributed by atoms with E-state index < -0.39 is 0 Å². The summed E-state index contributed by atoms with van der Waals surface area (Å²) in [5.74, 6) is 0.878. The number of piperidine rings is 1. The van der Waals surface area contributed by atoms with E-state index in [9.17, 15) is 0 Å². The van der Waals surface area contributed by atoms with Crippen LogP contribution in [0.5, 0.6) is 0 Å². The first-order chi connectivity index (χ1) is 9.47. The predicted octanol–water partition coefficient (Wildman–Crippen LogP) is 3.89. The second kappa shape index (κ2) is 6.62. The predicted molar refractivity (Wildman–Crippen MR) is 88.1 cm³/mol. The minimum absolute atomic E-state index is 0.204. The van der Waals surface area contributed by atoms with Crippen LogP contribution in [0.4, 0.5) is 5.69 Å². The number of aryl methyl sites for hydroxylation is 1. The Morgan fingerprint density at radius 1 is 1.30 bits per heavy atom. The molecule has 0 amide bonds. The van der Waals surface area contributed by atoms with E-state index in [4.69, 9.17) is 5.73 Å². The van der Waals surface area contributed by atoms with E-state index in [0.29, 0.717) is 0 Å². The third-order valence-corrected chi connectivity index (χ3v) is 4.39. The first kappa shape index (κ1) is 15.4. The zero-order chi connectivity index (χ0) is 14.6. The quantitative estimate of drug-likeness (QED) is 0.818. The molecule has 1 aromatic rings. The highest BCUT2D eigenvalue weighted by molar-refractivity contribution is 5.47. The highest BCUT2D eigenvalue weighted by atomic mass is 14.9. The van der Waals surface area contributed by atoms with Crippen molar-refractivity contribution in [1.82, 2.24) is 5.32 Å². The van der Waals surface area contributed by atoms with Crippen molar-refractivity contribution in [3.8, 4) is 0 Å². The number of nitrogens with one attached hydrogen (secondary N) is 1. The van der Waals surface area contributed by atoms with Gasteiger partial charge in [0.05, 0.1) is 0 Å². The fraction of sp³-hybridized carbons (Fsp3) is 0.667. The van der Waals surface area contributed by atoms with E-state index in [2.05, 4.69) is 38.2 Å². The van der Waals surface area contributed by atoms with Gasteiger partial charge in [-0.15, -0.1) is 0 Å². The zero-order valence-corrected chi connectivity index (χ0v) is 13.3. The summed E-state index contributed by atoms with van der Waals surface area (Å²) in [5, 5.41) is 3.51. The molecule has 2 nitrogen and oxygen atoms in total. The Morgan fingerprint density at radius 3 is 2.75 bits per heavy atom. The molecule has 1 unspecified atom stereocenters.